The summed E-state index contributed by atoms with van der Waals surface area (Å²) in [4.78, 5) is 47.5. The number of nitrogens with one attached hydrogen (secondary N) is 1. The molecule has 0 atom stereocenters. The molecule has 2 N–H and O–H groups in total. The van der Waals surface area contributed by atoms with Gasteiger partial charge in [0.15, 0.2) is 0 Å². The lowest BCUT2D eigenvalue weighted by Gasteiger charge is -2.26. The lowest BCUT2D eigenvalue weighted by molar-refractivity contribution is -0.385. The molecule has 1 aliphatic rings. The van der Waals surface area contributed by atoms with Crippen molar-refractivity contribution in [1.29, 1.82) is 0 Å². The van der Waals surface area contributed by atoms with Gasteiger partial charge in [-0.25, -0.2) is 14.1 Å². The van der Waals surface area contributed by atoms with Crippen LogP contribution in [0.2, 0.25) is 5.02 Å². The van der Waals surface area contributed by atoms with Crippen LogP contribution in [0.15, 0.2) is 42.0 Å². The van der Waals surface area contributed by atoms with E-state index in [-0.39, 0.29) is 16.3 Å². The van der Waals surface area contributed by atoms with Crippen LogP contribution in [0.1, 0.15) is 5.56 Å². The summed E-state index contributed by atoms with van der Waals surface area (Å²) in [6.07, 6.45) is 0.870. The molecule has 1 saturated heterocycles. The smallest absolute Gasteiger partial charge is 0.335 e. The fourth-order valence-corrected chi connectivity index (χ4v) is 2.71. The number of barbiturate groups is 1. The minimum absolute atomic E-state index is 0.0106. The van der Waals surface area contributed by atoms with E-state index in [1.54, 1.807) is 0 Å². The first-order chi connectivity index (χ1) is 13.2. The third kappa shape index (κ3) is 3.40. The molecule has 9 nitrogen and oxygen atoms in total. The molecule has 2 aromatic rings. The van der Waals surface area contributed by atoms with Crippen molar-refractivity contribution in [2.24, 2.45) is 0 Å². The average Bonchev–Trinajstić information content (AvgIpc) is 2.62. The fraction of sp³-hybridized carbons (Fsp3) is 0. The molecular weight excluding hydrogens is 397 g/mol. The van der Waals surface area contributed by atoms with Crippen LogP contribution < -0.4 is 10.2 Å². The number of urea groups is 1. The Kier molecular flexibility index (Phi) is 4.80. The van der Waals surface area contributed by atoms with Crippen LogP contribution in [0.25, 0.3) is 6.08 Å². The van der Waals surface area contributed by atoms with Crippen LogP contribution in [-0.4, -0.2) is 27.9 Å². The SMILES string of the molecule is O=C1NC(=O)N(c2ccc(F)cc2)C(=O)/C1=C/c1cc(Cl)cc([N+](=O)[O-])c1O. The highest BCUT2D eigenvalue weighted by molar-refractivity contribution is 6.39. The number of carbonyl (C=O) groups is 3. The number of nitro benzene ring substituents is 1. The van der Waals surface area contributed by atoms with Gasteiger partial charge < -0.3 is 5.11 Å². The van der Waals surface area contributed by atoms with Crippen LogP contribution in [0.5, 0.6) is 5.75 Å². The number of phenols is 1. The normalized spacial score (nSPS) is 15.7. The predicted molar refractivity (Wildman–Crippen MR) is 95.2 cm³/mol. The summed E-state index contributed by atoms with van der Waals surface area (Å²) in [5.74, 6) is -3.55. The van der Waals surface area contributed by atoms with Gasteiger partial charge in [-0.15, -0.1) is 0 Å². The van der Waals surface area contributed by atoms with Crippen molar-refractivity contribution in [2.45, 2.75) is 0 Å². The molecule has 1 heterocycles. The zero-order chi connectivity index (χ0) is 20.6. The maximum absolute atomic E-state index is 13.1. The second-order valence-corrected chi connectivity index (χ2v) is 5.99. The number of imide groups is 2. The van der Waals surface area contributed by atoms with E-state index < -0.39 is 45.6 Å². The van der Waals surface area contributed by atoms with Crippen molar-refractivity contribution in [3.05, 3.63) is 68.5 Å². The molecule has 1 fully saturated rings. The van der Waals surface area contributed by atoms with E-state index in [4.69, 9.17) is 11.6 Å². The number of amides is 4. The Bertz CT molecular complexity index is 1070. The first-order valence-electron chi connectivity index (χ1n) is 7.53. The lowest BCUT2D eigenvalue weighted by Crippen LogP contribution is -2.54. The third-order valence-corrected chi connectivity index (χ3v) is 3.99. The molecule has 2 aromatic carbocycles. The Balaban J connectivity index is 2.09. The summed E-state index contributed by atoms with van der Waals surface area (Å²) in [6, 6.07) is 5.29. The highest BCUT2D eigenvalue weighted by Crippen LogP contribution is 2.35. The molecule has 4 amide bonds. The van der Waals surface area contributed by atoms with Gasteiger partial charge in [0.25, 0.3) is 11.8 Å². The Morgan fingerprint density at radius 3 is 2.43 bits per heavy atom. The Morgan fingerprint density at radius 2 is 1.82 bits per heavy atom. The summed E-state index contributed by atoms with van der Waals surface area (Å²) >= 11 is 5.79. The van der Waals surface area contributed by atoms with Gasteiger partial charge in [0.2, 0.25) is 5.75 Å². The van der Waals surface area contributed by atoms with Crippen molar-refractivity contribution >= 4 is 46.9 Å². The van der Waals surface area contributed by atoms with Crippen molar-refractivity contribution < 1.29 is 28.8 Å². The van der Waals surface area contributed by atoms with Gasteiger partial charge in [0.1, 0.15) is 11.4 Å². The Morgan fingerprint density at radius 1 is 1.18 bits per heavy atom. The number of benzene rings is 2. The van der Waals surface area contributed by atoms with Crippen molar-refractivity contribution in [3.63, 3.8) is 0 Å². The minimum Gasteiger partial charge on any atom is -0.502 e. The van der Waals surface area contributed by atoms with Gasteiger partial charge in [-0.05, 0) is 36.4 Å². The Labute approximate surface area is 160 Å². The van der Waals surface area contributed by atoms with E-state index in [2.05, 4.69) is 0 Å². The van der Waals surface area contributed by atoms with Crippen molar-refractivity contribution in [2.75, 3.05) is 4.90 Å². The highest BCUT2D eigenvalue weighted by Gasteiger charge is 2.37. The van der Waals surface area contributed by atoms with E-state index in [1.807, 2.05) is 5.32 Å². The second kappa shape index (κ2) is 7.08. The van der Waals surface area contributed by atoms with Crippen molar-refractivity contribution in [1.82, 2.24) is 5.32 Å². The van der Waals surface area contributed by atoms with Gasteiger partial charge in [-0.3, -0.25) is 25.0 Å². The molecule has 0 radical (unpaired) electrons. The number of hydrogen-bond acceptors (Lipinski definition) is 6. The van der Waals surface area contributed by atoms with E-state index in [9.17, 15) is 34.0 Å². The largest absolute Gasteiger partial charge is 0.502 e. The number of hydrogen-bond donors (Lipinski definition) is 2. The van der Waals surface area contributed by atoms with E-state index in [1.165, 1.54) is 0 Å². The summed E-state index contributed by atoms with van der Waals surface area (Å²) in [5, 5.41) is 22.8. The molecule has 28 heavy (non-hydrogen) atoms. The summed E-state index contributed by atoms with van der Waals surface area (Å²) in [7, 11) is 0. The molecule has 0 aliphatic carbocycles. The molecular formula is C17H9ClFN3O6. The molecule has 1 aliphatic heterocycles. The number of nitro groups is 1. The molecule has 11 heteroatoms. The van der Waals surface area contributed by atoms with Crippen LogP contribution in [0, 0.1) is 15.9 Å². The van der Waals surface area contributed by atoms with Gasteiger partial charge >= 0.3 is 11.7 Å². The van der Waals surface area contributed by atoms with Crippen molar-refractivity contribution in [3.8, 4) is 5.75 Å². The molecule has 0 aromatic heterocycles. The monoisotopic (exact) mass is 405 g/mol. The fourth-order valence-electron chi connectivity index (χ4n) is 2.49. The number of carbonyl (C=O) groups excluding carboxylic acids is 3. The highest BCUT2D eigenvalue weighted by atomic mass is 35.5. The Hall–Kier alpha value is -3.79. The summed E-state index contributed by atoms with van der Waals surface area (Å²) < 4.78 is 13.1. The standard InChI is InChI=1S/C17H9ClFN3O6/c18-9-5-8(14(23)13(7-9)22(27)28)6-12-15(24)20-17(26)21(16(12)25)11-3-1-10(19)2-4-11/h1-7,23H,(H,20,24,26)/b12-6+. The number of halogens is 2. The summed E-state index contributed by atoms with van der Waals surface area (Å²) in [6.45, 7) is 0. The van der Waals surface area contributed by atoms with Gasteiger partial charge in [0, 0.05) is 16.7 Å². The number of rotatable bonds is 3. The maximum Gasteiger partial charge on any atom is 0.335 e. The zero-order valence-corrected chi connectivity index (χ0v) is 14.4. The summed E-state index contributed by atoms with van der Waals surface area (Å²) in [5.41, 5.74) is -1.60. The molecule has 0 bridgehead atoms. The molecule has 0 unspecified atom stereocenters. The number of aromatic hydroxyl groups is 1. The number of phenolic OH excluding ortho intramolecular Hbond substituents is 1. The lowest BCUT2D eigenvalue weighted by atomic mass is 10.1. The topological polar surface area (TPSA) is 130 Å². The molecule has 3 rings (SSSR count). The first kappa shape index (κ1) is 19.0. The van der Waals surface area contributed by atoms with Crippen LogP contribution in [-0.2, 0) is 9.59 Å². The number of anilines is 1. The molecule has 0 saturated carbocycles. The average molecular weight is 406 g/mol. The van der Waals surface area contributed by atoms with Crippen LogP contribution >= 0.6 is 11.6 Å². The van der Waals surface area contributed by atoms with E-state index in [0.717, 1.165) is 42.5 Å². The van der Waals surface area contributed by atoms with Gasteiger partial charge in [-0.2, -0.15) is 0 Å². The maximum atomic E-state index is 13.1. The quantitative estimate of drug-likeness (QED) is 0.349. The number of nitrogens with zero attached hydrogens (tertiary/aromatic N) is 2. The third-order valence-electron chi connectivity index (χ3n) is 3.77. The second-order valence-electron chi connectivity index (χ2n) is 5.55. The van der Waals surface area contributed by atoms with Gasteiger partial charge in [0.05, 0.1) is 10.6 Å². The van der Waals surface area contributed by atoms with Gasteiger partial charge in [-0.1, -0.05) is 11.6 Å². The minimum atomic E-state index is -1.07. The van der Waals surface area contributed by atoms with E-state index in [0.29, 0.717) is 4.90 Å². The van der Waals surface area contributed by atoms with Crippen LogP contribution in [0.3, 0.4) is 0 Å². The first-order valence-corrected chi connectivity index (χ1v) is 7.90. The molecule has 142 valence electrons. The van der Waals surface area contributed by atoms with E-state index >= 15 is 0 Å². The van der Waals surface area contributed by atoms with Crippen LogP contribution in [0.4, 0.5) is 20.6 Å². The zero-order valence-electron chi connectivity index (χ0n) is 13.7. The predicted octanol–water partition coefficient (Wildman–Crippen LogP) is 2.76. The molecule has 0 spiro atoms.